The lowest BCUT2D eigenvalue weighted by atomic mass is 10.2. The molecule has 0 bridgehead atoms. The molecule has 1 radical (unpaired) electrons. The summed E-state index contributed by atoms with van der Waals surface area (Å²) in [6, 6.07) is 0. The molecular formula is C12H26OP. The summed E-state index contributed by atoms with van der Waals surface area (Å²) in [6.45, 7) is 8.69. The molecule has 0 saturated carbocycles. The quantitative estimate of drug-likeness (QED) is 0.524. The van der Waals surface area contributed by atoms with Crippen molar-refractivity contribution in [3.8, 4) is 0 Å². The van der Waals surface area contributed by atoms with Gasteiger partial charge in [0, 0.05) is 11.3 Å². The normalized spacial score (nSPS) is 16.4. The Labute approximate surface area is 90.5 Å². The minimum Gasteiger partial charge on any atom is -0.287 e. The second kappa shape index (κ2) is 8.41. The molecule has 0 aliphatic heterocycles. The second-order valence-electron chi connectivity index (χ2n) is 4.34. The van der Waals surface area contributed by atoms with Crippen molar-refractivity contribution < 1.29 is 4.57 Å². The molecule has 0 aromatic carbocycles. The number of hydrogen-bond acceptors (Lipinski definition) is 1. The highest BCUT2D eigenvalue weighted by Gasteiger charge is 2.17. The van der Waals surface area contributed by atoms with E-state index in [1.807, 2.05) is 0 Å². The van der Waals surface area contributed by atoms with Crippen LogP contribution in [0.4, 0.5) is 0 Å². The van der Waals surface area contributed by atoms with Gasteiger partial charge in [0.1, 0.15) is 0 Å². The summed E-state index contributed by atoms with van der Waals surface area (Å²) < 4.78 is 12.0. The molecule has 0 saturated heterocycles. The van der Waals surface area contributed by atoms with Crippen molar-refractivity contribution in [1.82, 2.24) is 0 Å². The van der Waals surface area contributed by atoms with Crippen LogP contribution in [0.3, 0.4) is 0 Å². The first-order chi connectivity index (χ1) is 6.63. The Morgan fingerprint density at radius 2 is 1.29 bits per heavy atom. The van der Waals surface area contributed by atoms with Gasteiger partial charge in [-0.1, -0.05) is 53.4 Å². The molecular weight excluding hydrogens is 191 g/mol. The van der Waals surface area contributed by atoms with E-state index in [1.54, 1.807) is 0 Å². The first kappa shape index (κ1) is 14.1. The molecule has 0 spiro atoms. The Hall–Kier alpha value is 0.100. The van der Waals surface area contributed by atoms with Crippen molar-refractivity contribution in [2.24, 2.45) is 0 Å². The average molecular weight is 217 g/mol. The topological polar surface area (TPSA) is 17.1 Å². The molecule has 1 nitrogen and oxygen atoms in total. The highest BCUT2D eigenvalue weighted by atomic mass is 31.1. The minimum atomic E-state index is -0.976. The van der Waals surface area contributed by atoms with Crippen molar-refractivity contribution in [2.75, 3.05) is 0 Å². The Bertz CT molecular complexity index is 140. The fraction of sp³-hybridized carbons (Fsp3) is 1.00. The van der Waals surface area contributed by atoms with Crippen LogP contribution in [0.15, 0.2) is 0 Å². The molecule has 14 heavy (non-hydrogen) atoms. The Balaban J connectivity index is 3.78. The van der Waals surface area contributed by atoms with Gasteiger partial charge in [0.15, 0.2) is 0 Å². The molecule has 0 aromatic heterocycles. The molecule has 0 aliphatic carbocycles. The van der Waals surface area contributed by atoms with Crippen LogP contribution < -0.4 is 0 Å². The van der Waals surface area contributed by atoms with E-state index in [1.165, 1.54) is 25.7 Å². The Morgan fingerprint density at radius 3 is 1.57 bits per heavy atom. The monoisotopic (exact) mass is 217 g/mol. The van der Waals surface area contributed by atoms with E-state index in [-0.39, 0.29) is 0 Å². The van der Waals surface area contributed by atoms with Crippen LogP contribution in [0.5, 0.6) is 0 Å². The van der Waals surface area contributed by atoms with Crippen LogP contribution in [0.25, 0.3) is 0 Å². The maximum Gasteiger partial charge on any atom is 0.0776 e. The highest BCUT2D eigenvalue weighted by Crippen LogP contribution is 2.38. The first-order valence-corrected chi connectivity index (χ1v) is 7.48. The van der Waals surface area contributed by atoms with E-state index in [0.717, 1.165) is 12.8 Å². The van der Waals surface area contributed by atoms with E-state index in [9.17, 15) is 4.57 Å². The summed E-state index contributed by atoms with van der Waals surface area (Å²) in [7, 11) is -0.976. The maximum atomic E-state index is 12.0. The van der Waals surface area contributed by atoms with Crippen LogP contribution >= 0.6 is 7.80 Å². The highest BCUT2D eigenvalue weighted by molar-refractivity contribution is 7.46. The van der Waals surface area contributed by atoms with Gasteiger partial charge in [-0.2, -0.15) is 0 Å². The van der Waals surface area contributed by atoms with Crippen LogP contribution in [0.2, 0.25) is 0 Å². The SMILES string of the molecule is CCCCC(C)[P](=O)C(C)CCCC. The van der Waals surface area contributed by atoms with Gasteiger partial charge in [0.25, 0.3) is 0 Å². The average Bonchev–Trinajstić information content (AvgIpc) is 2.21. The van der Waals surface area contributed by atoms with E-state index >= 15 is 0 Å². The predicted molar refractivity (Wildman–Crippen MR) is 65.6 cm³/mol. The maximum absolute atomic E-state index is 12.0. The third-order valence-electron chi connectivity index (χ3n) is 2.82. The third-order valence-corrected chi connectivity index (χ3v) is 5.07. The molecule has 0 amide bonds. The van der Waals surface area contributed by atoms with Gasteiger partial charge in [-0.3, -0.25) is 4.57 Å². The van der Waals surface area contributed by atoms with Crippen molar-refractivity contribution >= 4 is 7.80 Å². The molecule has 0 fully saturated rings. The first-order valence-electron chi connectivity index (χ1n) is 6.08. The van der Waals surface area contributed by atoms with Gasteiger partial charge >= 0.3 is 0 Å². The zero-order valence-corrected chi connectivity index (χ0v) is 11.1. The van der Waals surface area contributed by atoms with Gasteiger partial charge in [-0.05, 0) is 12.8 Å². The van der Waals surface area contributed by atoms with Gasteiger partial charge in [-0.15, -0.1) is 0 Å². The molecule has 0 N–H and O–H groups in total. The van der Waals surface area contributed by atoms with Gasteiger partial charge < -0.3 is 0 Å². The lowest BCUT2D eigenvalue weighted by Crippen LogP contribution is -2.05. The van der Waals surface area contributed by atoms with Gasteiger partial charge in [-0.25, -0.2) is 0 Å². The Kier molecular flexibility index (Phi) is 8.47. The van der Waals surface area contributed by atoms with Gasteiger partial charge in [0.2, 0.25) is 0 Å². The fourth-order valence-electron chi connectivity index (χ4n) is 1.69. The third kappa shape index (κ3) is 5.75. The van der Waals surface area contributed by atoms with E-state index in [4.69, 9.17) is 0 Å². The molecule has 85 valence electrons. The van der Waals surface area contributed by atoms with Crippen molar-refractivity contribution in [3.05, 3.63) is 0 Å². The molecule has 0 heterocycles. The number of rotatable bonds is 8. The lowest BCUT2D eigenvalue weighted by molar-refractivity contribution is 0.556. The van der Waals surface area contributed by atoms with Crippen LogP contribution in [0, 0.1) is 0 Å². The van der Waals surface area contributed by atoms with E-state index in [2.05, 4.69) is 27.7 Å². The predicted octanol–water partition coefficient (Wildman–Crippen LogP) is 4.97. The fourth-order valence-corrected chi connectivity index (χ4v) is 3.43. The Morgan fingerprint density at radius 1 is 0.929 bits per heavy atom. The summed E-state index contributed by atoms with van der Waals surface area (Å²) >= 11 is 0. The van der Waals surface area contributed by atoms with Crippen molar-refractivity contribution in [2.45, 2.75) is 77.5 Å². The summed E-state index contributed by atoms with van der Waals surface area (Å²) in [4.78, 5) is 0. The number of hydrogen-bond donors (Lipinski definition) is 0. The standard InChI is InChI=1S/C12H26OP/c1-5-7-9-11(3)14(13)12(4)10-8-6-2/h11-12H,5-10H2,1-4H3. The lowest BCUT2D eigenvalue weighted by Gasteiger charge is -2.16. The van der Waals surface area contributed by atoms with Crippen LogP contribution in [0.1, 0.15) is 66.2 Å². The second-order valence-corrected chi connectivity index (χ2v) is 6.83. The summed E-state index contributed by atoms with van der Waals surface area (Å²) in [5, 5.41) is 0. The molecule has 2 atom stereocenters. The van der Waals surface area contributed by atoms with Crippen LogP contribution in [-0.4, -0.2) is 11.3 Å². The van der Waals surface area contributed by atoms with Crippen molar-refractivity contribution in [1.29, 1.82) is 0 Å². The minimum absolute atomic E-state index is 0.428. The molecule has 2 unspecified atom stereocenters. The molecule has 0 rings (SSSR count). The summed E-state index contributed by atoms with van der Waals surface area (Å²) in [6.07, 6.45) is 7.17. The molecule has 0 aliphatic rings. The number of unbranched alkanes of at least 4 members (excludes halogenated alkanes) is 2. The van der Waals surface area contributed by atoms with Crippen molar-refractivity contribution in [3.63, 3.8) is 0 Å². The van der Waals surface area contributed by atoms with Gasteiger partial charge in [0.05, 0.1) is 7.80 Å². The zero-order chi connectivity index (χ0) is 11.0. The zero-order valence-electron chi connectivity index (χ0n) is 10.3. The van der Waals surface area contributed by atoms with E-state index in [0.29, 0.717) is 11.3 Å². The summed E-state index contributed by atoms with van der Waals surface area (Å²) in [5.41, 5.74) is 0.855. The van der Waals surface area contributed by atoms with Crippen LogP contribution in [-0.2, 0) is 4.57 Å². The van der Waals surface area contributed by atoms with E-state index < -0.39 is 7.80 Å². The summed E-state index contributed by atoms with van der Waals surface area (Å²) in [5.74, 6) is 0. The largest absolute Gasteiger partial charge is 0.287 e. The molecule has 2 heteroatoms. The molecule has 0 aromatic rings. The smallest absolute Gasteiger partial charge is 0.0776 e.